The fourth-order valence-electron chi connectivity index (χ4n) is 3.20. The summed E-state index contributed by atoms with van der Waals surface area (Å²) in [4.78, 5) is 23.6. The summed E-state index contributed by atoms with van der Waals surface area (Å²) in [5, 5.41) is 9.32. The van der Waals surface area contributed by atoms with E-state index in [4.69, 9.17) is 14.3 Å². The van der Waals surface area contributed by atoms with Crippen LogP contribution in [0.3, 0.4) is 0 Å². The average Bonchev–Trinajstić information content (AvgIpc) is 2.54. The van der Waals surface area contributed by atoms with Crippen LogP contribution in [-0.2, 0) is 5.60 Å². The molecule has 2 aromatic carbocycles. The van der Waals surface area contributed by atoms with Gasteiger partial charge in [0.05, 0.1) is 0 Å². The van der Waals surface area contributed by atoms with Gasteiger partial charge in [-0.3, -0.25) is 4.79 Å². The lowest BCUT2D eigenvalue weighted by Gasteiger charge is -2.35. The lowest BCUT2D eigenvalue weighted by atomic mass is 9.85. The molecule has 4 rings (SSSR count). The molecule has 0 amide bonds. The highest BCUT2D eigenvalue weighted by molar-refractivity contribution is 5.95. The Hall–Kier alpha value is -3.08. The van der Waals surface area contributed by atoms with Gasteiger partial charge in [0.1, 0.15) is 22.3 Å². The van der Waals surface area contributed by atoms with E-state index in [9.17, 15) is 9.59 Å². The predicted octanol–water partition coefficient (Wildman–Crippen LogP) is 3.79. The van der Waals surface area contributed by atoms with Crippen LogP contribution >= 0.6 is 0 Å². The summed E-state index contributed by atoms with van der Waals surface area (Å²) in [5.74, 6) is -1.23. The standard InChI is InChI=1S/C19H14O5/c1-19(2)12-6-4-3-5-10(12)11-7-8-14-16(17(11)24-19)13(20)9-15(23-14)18(21)22/h3-9H,1-2H3,(H,21,22). The highest BCUT2D eigenvalue weighted by Gasteiger charge is 2.34. The summed E-state index contributed by atoms with van der Waals surface area (Å²) in [7, 11) is 0. The molecule has 3 aromatic rings. The molecule has 0 spiro atoms. The van der Waals surface area contributed by atoms with Crippen LogP contribution in [0, 0.1) is 0 Å². The zero-order valence-electron chi connectivity index (χ0n) is 13.1. The Bertz CT molecular complexity index is 1060. The van der Waals surface area contributed by atoms with E-state index < -0.39 is 17.0 Å². The summed E-state index contributed by atoms with van der Waals surface area (Å²) in [6.45, 7) is 3.86. The first-order valence-corrected chi connectivity index (χ1v) is 7.51. The Morgan fingerprint density at radius 2 is 1.83 bits per heavy atom. The predicted molar refractivity (Wildman–Crippen MR) is 88.5 cm³/mol. The first kappa shape index (κ1) is 14.5. The Labute approximate surface area is 137 Å². The van der Waals surface area contributed by atoms with E-state index in [1.54, 1.807) is 12.1 Å². The Balaban J connectivity index is 2.11. The van der Waals surface area contributed by atoms with Crippen LogP contribution in [0.2, 0.25) is 0 Å². The van der Waals surface area contributed by atoms with Crippen molar-refractivity contribution in [3.63, 3.8) is 0 Å². The number of benzene rings is 2. The Kier molecular flexibility index (Phi) is 2.85. The molecule has 0 saturated carbocycles. The van der Waals surface area contributed by atoms with Crippen molar-refractivity contribution in [2.24, 2.45) is 0 Å². The van der Waals surface area contributed by atoms with Crippen molar-refractivity contribution in [2.45, 2.75) is 19.4 Å². The molecular formula is C19H14O5. The van der Waals surface area contributed by atoms with Gasteiger partial charge >= 0.3 is 5.97 Å². The molecule has 0 radical (unpaired) electrons. The van der Waals surface area contributed by atoms with Gasteiger partial charge in [0.2, 0.25) is 5.76 Å². The number of hydrogen-bond acceptors (Lipinski definition) is 4. The molecule has 1 aliphatic heterocycles. The molecule has 2 heterocycles. The summed E-state index contributed by atoms with van der Waals surface area (Å²) < 4.78 is 11.5. The molecule has 0 aliphatic carbocycles. The van der Waals surface area contributed by atoms with Crippen LogP contribution < -0.4 is 10.2 Å². The highest BCUT2D eigenvalue weighted by atomic mass is 16.5. The number of aromatic carboxylic acids is 1. The molecule has 5 heteroatoms. The van der Waals surface area contributed by atoms with E-state index in [2.05, 4.69) is 0 Å². The van der Waals surface area contributed by atoms with Crippen molar-refractivity contribution in [1.82, 2.24) is 0 Å². The maximum atomic E-state index is 12.5. The van der Waals surface area contributed by atoms with Crippen molar-refractivity contribution in [2.75, 3.05) is 0 Å². The minimum absolute atomic E-state index is 0.203. The Morgan fingerprint density at radius 1 is 1.08 bits per heavy atom. The largest absolute Gasteiger partial charge is 0.482 e. The fraction of sp³-hybridized carbons (Fsp3) is 0.158. The van der Waals surface area contributed by atoms with Crippen LogP contribution in [0.25, 0.3) is 22.1 Å². The first-order valence-electron chi connectivity index (χ1n) is 7.51. The third-order valence-electron chi connectivity index (χ3n) is 4.28. The molecule has 24 heavy (non-hydrogen) atoms. The van der Waals surface area contributed by atoms with E-state index in [-0.39, 0.29) is 16.7 Å². The van der Waals surface area contributed by atoms with E-state index >= 15 is 0 Å². The van der Waals surface area contributed by atoms with Crippen molar-refractivity contribution >= 4 is 16.9 Å². The molecule has 120 valence electrons. The smallest absolute Gasteiger partial charge is 0.371 e. The van der Waals surface area contributed by atoms with Crippen LogP contribution in [0.4, 0.5) is 0 Å². The molecular weight excluding hydrogens is 308 g/mol. The minimum atomic E-state index is -1.28. The van der Waals surface area contributed by atoms with E-state index in [0.29, 0.717) is 5.75 Å². The SMILES string of the molecule is CC1(C)Oc2c(ccc3oc(C(=O)O)cc(=O)c23)-c2ccccc21. The third kappa shape index (κ3) is 1.94. The van der Waals surface area contributed by atoms with E-state index in [0.717, 1.165) is 22.8 Å². The lowest BCUT2D eigenvalue weighted by Crippen LogP contribution is -2.30. The van der Waals surface area contributed by atoms with Crippen molar-refractivity contribution in [1.29, 1.82) is 0 Å². The van der Waals surface area contributed by atoms with Crippen LogP contribution in [-0.4, -0.2) is 11.1 Å². The minimum Gasteiger partial charge on any atom is -0.482 e. The fourth-order valence-corrected chi connectivity index (χ4v) is 3.20. The monoisotopic (exact) mass is 322 g/mol. The number of hydrogen-bond donors (Lipinski definition) is 1. The van der Waals surface area contributed by atoms with Gasteiger partial charge < -0.3 is 14.3 Å². The summed E-state index contributed by atoms with van der Waals surface area (Å²) in [6, 6.07) is 12.3. The third-order valence-corrected chi connectivity index (χ3v) is 4.28. The maximum Gasteiger partial charge on any atom is 0.371 e. The second-order valence-corrected chi connectivity index (χ2v) is 6.25. The van der Waals surface area contributed by atoms with Crippen LogP contribution in [0.15, 0.2) is 51.7 Å². The number of ether oxygens (including phenoxy) is 1. The molecule has 0 unspecified atom stereocenters. The highest BCUT2D eigenvalue weighted by Crippen LogP contribution is 2.47. The summed E-state index contributed by atoms with van der Waals surface area (Å²) in [6.07, 6.45) is 0. The molecule has 5 nitrogen and oxygen atoms in total. The number of fused-ring (bicyclic) bond motifs is 5. The van der Waals surface area contributed by atoms with Gasteiger partial charge in [-0.15, -0.1) is 0 Å². The lowest BCUT2D eigenvalue weighted by molar-refractivity contribution is 0.0662. The van der Waals surface area contributed by atoms with Crippen LogP contribution in [0.5, 0.6) is 5.75 Å². The second-order valence-electron chi connectivity index (χ2n) is 6.25. The topological polar surface area (TPSA) is 76.7 Å². The van der Waals surface area contributed by atoms with Crippen molar-refractivity contribution in [3.8, 4) is 16.9 Å². The van der Waals surface area contributed by atoms with Crippen molar-refractivity contribution < 1.29 is 19.1 Å². The second kappa shape index (κ2) is 4.71. The van der Waals surface area contributed by atoms with Gasteiger partial charge in [0.15, 0.2) is 5.43 Å². The zero-order chi connectivity index (χ0) is 17.1. The molecule has 1 N–H and O–H groups in total. The number of carboxylic acids is 1. The molecule has 0 saturated heterocycles. The van der Waals surface area contributed by atoms with Crippen molar-refractivity contribution in [3.05, 3.63) is 64.0 Å². The molecule has 1 aromatic heterocycles. The van der Waals surface area contributed by atoms with Gasteiger partial charge in [-0.05, 0) is 31.5 Å². The number of rotatable bonds is 1. The number of carboxylic acid groups (broad SMARTS) is 1. The van der Waals surface area contributed by atoms with E-state index in [1.807, 2.05) is 38.1 Å². The van der Waals surface area contributed by atoms with Crippen LogP contribution in [0.1, 0.15) is 30.0 Å². The Morgan fingerprint density at radius 3 is 2.58 bits per heavy atom. The van der Waals surface area contributed by atoms with Gasteiger partial charge in [0, 0.05) is 17.2 Å². The van der Waals surface area contributed by atoms with E-state index in [1.165, 1.54) is 0 Å². The summed E-state index contributed by atoms with van der Waals surface area (Å²) in [5.41, 5.74) is 1.98. The normalized spacial score (nSPS) is 14.6. The van der Waals surface area contributed by atoms with Gasteiger partial charge in [-0.25, -0.2) is 4.79 Å². The zero-order valence-corrected chi connectivity index (χ0v) is 13.1. The van der Waals surface area contributed by atoms with Gasteiger partial charge in [0.25, 0.3) is 0 Å². The number of carbonyl (C=O) groups is 1. The molecule has 0 bridgehead atoms. The maximum absolute atomic E-state index is 12.5. The first-order chi connectivity index (χ1) is 11.4. The van der Waals surface area contributed by atoms with Gasteiger partial charge in [-0.1, -0.05) is 24.3 Å². The summed E-state index contributed by atoms with van der Waals surface area (Å²) >= 11 is 0. The van der Waals surface area contributed by atoms with Gasteiger partial charge in [-0.2, -0.15) is 0 Å². The molecule has 0 fully saturated rings. The molecule has 0 atom stereocenters. The average molecular weight is 322 g/mol. The molecule has 1 aliphatic rings. The quantitative estimate of drug-likeness (QED) is 0.737.